The topological polar surface area (TPSA) is 54.7 Å². The third-order valence-electron chi connectivity index (χ3n) is 5.79. The lowest BCUT2D eigenvalue weighted by Gasteiger charge is -2.14. The molecule has 0 spiro atoms. The van der Waals surface area contributed by atoms with Crippen molar-refractivity contribution in [3.05, 3.63) is 70.2 Å². The van der Waals surface area contributed by atoms with E-state index in [0.717, 1.165) is 28.1 Å². The molecule has 8 heteroatoms. The minimum Gasteiger partial charge on any atom is -0.493 e. The zero-order chi connectivity index (χ0) is 25.1. The summed E-state index contributed by atoms with van der Waals surface area (Å²) in [7, 11) is 6.45. The van der Waals surface area contributed by atoms with E-state index in [2.05, 4.69) is 6.92 Å². The second-order valence-corrected chi connectivity index (χ2v) is 8.52. The highest BCUT2D eigenvalue weighted by Gasteiger charge is 2.23. The summed E-state index contributed by atoms with van der Waals surface area (Å²) in [5, 5.41) is 6.12. The molecule has 0 aliphatic rings. The van der Waals surface area contributed by atoms with Crippen LogP contribution in [-0.2, 0) is 6.42 Å². The molecule has 0 fully saturated rings. The van der Waals surface area contributed by atoms with Crippen LogP contribution < -0.4 is 18.9 Å². The molecule has 1 aromatic heterocycles. The van der Waals surface area contributed by atoms with Crippen molar-refractivity contribution in [3.8, 4) is 51.2 Å². The van der Waals surface area contributed by atoms with Crippen LogP contribution in [0.3, 0.4) is 0 Å². The van der Waals surface area contributed by atoms with Crippen molar-refractivity contribution in [2.24, 2.45) is 0 Å². The fraction of sp³-hybridized carbons (Fsp3) is 0.222. The Hall–Kier alpha value is -3.35. The monoisotopic (exact) mass is 512 g/mol. The molecule has 182 valence electrons. The molecule has 0 saturated heterocycles. The van der Waals surface area contributed by atoms with Gasteiger partial charge in [-0.3, -0.25) is 0 Å². The normalized spacial score (nSPS) is 10.8. The number of ether oxygens (including phenoxy) is 4. The van der Waals surface area contributed by atoms with Crippen molar-refractivity contribution in [1.82, 2.24) is 9.78 Å². The van der Waals surface area contributed by atoms with E-state index in [-0.39, 0.29) is 0 Å². The van der Waals surface area contributed by atoms with E-state index in [1.54, 1.807) is 46.6 Å². The molecule has 35 heavy (non-hydrogen) atoms. The molecule has 1 heterocycles. The van der Waals surface area contributed by atoms with Crippen LogP contribution in [0, 0.1) is 0 Å². The molecule has 0 N–H and O–H groups in total. The Kier molecular flexibility index (Phi) is 7.43. The van der Waals surface area contributed by atoms with Crippen molar-refractivity contribution < 1.29 is 18.9 Å². The maximum atomic E-state index is 6.63. The first-order valence-corrected chi connectivity index (χ1v) is 11.7. The van der Waals surface area contributed by atoms with Gasteiger partial charge in [-0.25, -0.2) is 4.68 Å². The van der Waals surface area contributed by atoms with Gasteiger partial charge < -0.3 is 18.9 Å². The largest absolute Gasteiger partial charge is 0.493 e. The molecule has 0 aliphatic heterocycles. The maximum Gasteiger partial charge on any atom is 0.161 e. The number of benzene rings is 3. The minimum atomic E-state index is 0.528. The highest BCUT2D eigenvalue weighted by atomic mass is 35.5. The van der Waals surface area contributed by atoms with Crippen LogP contribution in [0.5, 0.6) is 23.0 Å². The van der Waals surface area contributed by atoms with E-state index in [0.29, 0.717) is 45.2 Å². The Labute approximate surface area is 214 Å². The van der Waals surface area contributed by atoms with Crippen LogP contribution in [0.25, 0.3) is 28.2 Å². The number of aromatic nitrogens is 2. The lowest BCUT2D eigenvalue weighted by atomic mass is 9.99. The van der Waals surface area contributed by atoms with E-state index in [1.807, 2.05) is 41.1 Å². The fourth-order valence-electron chi connectivity index (χ4n) is 4.10. The Morgan fingerprint density at radius 1 is 0.714 bits per heavy atom. The zero-order valence-electron chi connectivity index (χ0n) is 20.2. The summed E-state index contributed by atoms with van der Waals surface area (Å²) in [6.45, 7) is 2.09. The Morgan fingerprint density at radius 3 is 1.86 bits per heavy atom. The van der Waals surface area contributed by atoms with Crippen molar-refractivity contribution in [2.75, 3.05) is 28.4 Å². The van der Waals surface area contributed by atoms with Gasteiger partial charge in [-0.05, 0) is 61.0 Å². The van der Waals surface area contributed by atoms with Gasteiger partial charge in [0.05, 0.1) is 50.5 Å². The van der Waals surface area contributed by atoms with Crippen molar-refractivity contribution >= 4 is 23.2 Å². The standard InChI is InChI=1S/C27H26Cl2N2O4/c1-6-19-26(16-7-11-22(32-2)24(13-16)34-4)30-31(21-15-18(28)9-10-20(21)29)27(19)17-8-12-23(33-3)25(14-17)35-5/h7-15H,6H2,1-5H3. The van der Waals surface area contributed by atoms with Crippen LogP contribution in [0.1, 0.15) is 12.5 Å². The summed E-state index contributed by atoms with van der Waals surface area (Å²) in [5.41, 5.74) is 5.16. The van der Waals surface area contributed by atoms with Gasteiger partial charge in [0.25, 0.3) is 0 Å². The molecule has 4 rings (SSSR count). The third-order valence-corrected chi connectivity index (χ3v) is 6.34. The first-order chi connectivity index (χ1) is 16.9. The Bertz CT molecular complexity index is 1370. The number of hydrogen-bond donors (Lipinski definition) is 0. The van der Waals surface area contributed by atoms with Crippen molar-refractivity contribution in [2.45, 2.75) is 13.3 Å². The molecule has 0 atom stereocenters. The first kappa shape index (κ1) is 24.8. The minimum absolute atomic E-state index is 0.528. The molecule has 0 saturated carbocycles. The predicted molar refractivity (Wildman–Crippen MR) is 140 cm³/mol. The predicted octanol–water partition coefficient (Wildman–Crippen LogP) is 7.11. The highest BCUT2D eigenvalue weighted by Crippen LogP contribution is 2.41. The number of hydrogen-bond acceptors (Lipinski definition) is 5. The molecule has 0 aliphatic carbocycles. The first-order valence-electron chi connectivity index (χ1n) is 11.0. The van der Waals surface area contributed by atoms with E-state index in [1.165, 1.54) is 0 Å². The smallest absolute Gasteiger partial charge is 0.161 e. The van der Waals surface area contributed by atoms with Crippen molar-refractivity contribution in [1.29, 1.82) is 0 Å². The summed E-state index contributed by atoms with van der Waals surface area (Å²) >= 11 is 13.0. The van der Waals surface area contributed by atoms with Crippen molar-refractivity contribution in [3.63, 3.8) is 0 Å². The summed E-state index contributed by atoms with van der Waals surface area (Å²) in [5.74, 6) is 2.52. The summed E-state index contributed by atoms with van der Waals surface area (Å²) < 4.78 is 23.8. The SMILES string of the molecule is CCc1c(-c2ccc(OC)c(OC)c2)nn(-c2cc(Cl)ccc2Cl)c1-c1ccc(OC)c(OC)c1. The number of rotatable bonds is 8. The maximum absolute atomic E-state index is 6.63. The van der Waals surface area contributed by atoms with Crippen LogP contribution >= 0.6 is 23.2 Å². The van der Waals surface area contributed by atoms with E-state index < -0.39 is 0 Å². The van der Waals surface area contributed by atoms with Gasteiger partial charge in [-0.1, -0.05) is 30.1 Å². The zero-order valence-corrected chi connectivity index (χ0v) is 21.7. The van der Waals surface area contributed by atoms with Gasteiger partial charge in [0.1, 0.15) is 0 Å². The molecule has 3 aromatic carbocycles. The van der Waals surface area contributed by atoms with E-state index in [4.69, 9.17) is 47.2 Å². The molecule has 0 radical (unpaired) electrons. The van der Waals surface area contributed by atoms with Crippen LogP contribution in [-0.4, -0.2) is 38.2 Å². The van der Waals surface area contributed by atoms with Crippen LogP contribution in [0.15, 0.2) is 54.6 Å². The van der Waals surface area contributed by atoms with Gasteiger partial charge in [-0.2, -0.15) is 5.10 Å². The number of methoxy groups -OCH3 is 4. The highest BCUT2D eigenvalue weighted by molar-refractivity contribution is 6.34. The molecule has 0 amide bonds. The Balaban J connectivity index is 2.04. The molecular formula is C27H26Cl2N2O4. The quantitative estimate of drug-likeness (QED) is 0.251. The van der Waals surface area contributed by atoms with E-state index >= 15 is 0 Å². The third kappa shape index (κ3) is 4.64. The molecule has 4 aromatic rings. The van der Waals surface area contributed by atoms with Gasteiger partial charge in [-0.15, -0.1) is 0 Å². The fourth-order valence-corrected chi connectivity index (χ4v) is 4.47. The van der Waals surface area contributed by atoms with Gasteiger partial charge >= 0.3 is 0 Å². The van der Waals surface area contributed by atoms with Gasteiger partial charge in [0, 0.05) is 21.7 Å². The summed E-state index contributed by atoms with van der Waals surface area (Å²) in [4.78, 5) is 0. The molecule has 0 unspecified atom stereocenters. The summed E-state index contributed by atoms with van der Waals surface area (Å²) in [6.07, 6.45) is 0.714. The number of halogens is 2. The molecular weight excluding hydrogens is 487 g/mol. The Morgan fingerprint density at radius 2 is 1.29 bits per heavy atom. The van der Waals surface area contributed by atoms with Crippen LogP contribution in [0.4, 0.5) is 0 Å². The lowest BCUT2D eigenvalue weighted by molar-refractivity contribution is 0.355. The lowest BCUT2D eigenvalue weighted by Crippen LogP contribution is -2.02. The van der Waals surface area contributed by atoms with Gasteiger partial charge in [0.2, 0.25) is 0 Å². The molecule has 6 nitrogen and oxygen atoms in total. The second-order valence-electron chi connectivity index (χ2n) is 7.68. The van der Waals surface area contributed by atoms with Crippen LogP contribution in [0.2, 0.25) is 10.0 Å². The van der Waals surface area contributed by atoms with Gasteiger partial charge in [0.15, 0.2) is 23.0 Å². The summed E-state index contributed by atoms with van der Waals surface area (Å²) in [6, 6.07) is 16.9. The van der Waals surface area contributed by atoms with E-state index in [9.17, 15) is 0 Å². The molecule has 0 bridgehead atoms. The second kappa shape index (κ2) is 10.5. The average Bonchev–Trinajstić information content (AvgIpc) is 3.28. The number of nitrogens with zero attached hydrogens (tertiary/aromatic N) is 2. The average molecular weight is 513 g/mol.